The normalized spacial score (nSPS) is 14.1. The average molecular weight is 146 g/mol. The van der Waals surface area contributed by atoms with Gasteiger partial charge in [0, 0.05) is 13.1 Å². The van der Waals surface area contributed by atoms with Crippen molar-refractivity contribution in [1.29, 1.82) is 0 Å². The van der Waals surface area contributed by atoms with Gasteiger partial charge in [0.1, 0.15) is 0 Å². The molecule has 0 aromatic rings. The van der Waals surface area contributed by atoms with Crippen molar-refractivity contribution in [3.05, 3.63) is 0 Å². The number of nitrogens with two attached hydrogens (primary N) is 1. The molecule has 3 heteroatoms. The predicted octanol–water partition coefficient (Wildman–Crippen LogP) is -0.448. The van der Waals surface area contributed by atoms with Crippen LogP contribution in [0.3, 0.4) is 0 Å². The summed E-state index contributed by atoms with van der Waals surface area (Å²) in [6.07, 6.45) is -0.390. The fourth-order valence-corrected chi connectivity index (χ4v) is 0.622. The van der Waals surface area contributed by atoms with Crippen LogP contribution < -0.4 is 11.1 Å². The Morgan fingerprint density at radius 3 is 2.40 bits per heavy atom. The van der Waals surface area contributed by atoms with E-state index < -0.39 is 6.10 Å². The van der Waals surface area contributed by atoms with Crippen LogP contribution in [0.5, 0.6) is 0 Å². The molecule has 0 bridgehead atoms. The Balaban J connectivity index is 3.03. The second kappa shape index (κ2) is 5.65. The second-order valence-corrected chi connectivity index (χ2v) is 2.94. The average Bonchev–Trinajstić information content (AvgIpc) is 1.87. The first kappa shape index (κ1) is 9.88. The molecule has 1 unspecified atom stereocenters. The van der Waals surface area contributed by atoms with E-state index in [1.807, 2.05) is 0 Å². The maximum absolute atomic E-state index is 8.98. The molecule has 0 aromatic heterocycles. The highest BCUT2D eigenvalue weighted by Crippen LogP contribution is 1.86. The monoisotopic (exact) mass is 146 g/mol. The fourth-order valence-electron chi connectivity index (χ4n) is 0.622. The van der Waals surface area contributed by atoms with Gasteiger partial charge < -0.3 is 16.2 Å². The summed E-state index contributed by atoms with van der Waals surface area (Å²) < 4.78 is 0. The molecule has 3 nitrogen and oxygen atoms in total. The van der Waals surface area contributed by atoms with Crippen LogP contribution in [0.15, 0.2) is 0 Å². The molecule has 0 aliphatic heterocycles. The van der Waals surface area contributed by atoms with Crippen LogP contribution >= 0.6 is 0 Å². The summed E-state index contributed by atoms with van der Waals surface area (Å²) in [5.74, 6) is 0.630. The number of hydrogen-bond acceptors (Lipinski definition) is 3. The second-order valence-electron chi connectivity index (χ2n) is 2.94. The molecule has 10 heavy (non-hydrogen) atoms. The maximum atomic E-state index is 8.98. The number of hydrogen-bond donors (Lipinski definition) is 3. The van der Waals surface area contributed by atoms with Crippen LogP contribution in [0.4, 0.5) is 0 Å². The predicted molar refractivity (Wildman–Crippen MR) is 42.8 cm³/mol. The molecule has 0 saturated heterocycles. The van der Waals surface area contributed by atoms with E-state index in [0.29, 0.717) is 19.0 Å². The third-order valence-corrected chi connectivity index (χ3v) is 1.20. The summed E-state index contributed by atoms with van der Waals surface area (Å²) in [6, 6.07) is 0. The van der Waals surface area contributed by atoms with E-state index in [-0.39, 0.29) is 0 Å². The zero-order valence-corrected chi connectivity index (χ0v) is 6.80. The quantitative estimate of drug-likeness (QED) is 0.492. The third kappa shape index (κ3) is 6.01. The smallest absolute Gasteiger partial charge is 0.0786 e. The van der Waals surface area contributed by atoms with Crippen molar-refractivity contribution >= 4 is 0 Å². The molecule has 4 N–H and O–H groups in total. The molecule has 0 rings (SSSR count). The van der Waals surface area contributed by atoms with Crippen molar-refractivity contribution in [2.45, 2.75) is 20.0 Å². The van der Waals surface area contributed by atoms with Gasteiger partial charge in [-0.25, -0.2) is 0 Å². The number of rotatable bonds is 5. The molecule has 62 valence electrons. The number of aliphatic hydroxyl groups is 1. The maximum Gasteiger partial charge on any atom is 0.0786 e. The zero-order valence-electron chi connectivity index (χ0n) is 6.80. The van der Waals surface area contributed by atoms with Crippen molar-refractivity contribution in [1.82, 2.24) is 5.32 Å². The lowest BCUT2D eigenvalue weighted by molar-refractivity contribution is 0.178. The molecular weight excluding hydrogens is 128 g/mol. The number of aliphatic hydroxyl groups excluding tert-OH is 1. The van der Waals surface area contributed by atoms with E-state index in [1.54, 1.807) is 0 Å². The van der Waals surface area contributed by atoms with E-state index >= 15 is 0 Å². The van der Waals surface area contributed by atoms with Crippen LogP contribution in [0.25, 0.3) is 0 Å². The summed E-state index contributed by atoms with van der Waals surface area (Å²) in [6.45, 7) is 6.14. The third-order valence-electron chi connectivity index (χ3n) is 1.20. The van der Waals surface area contributed by atoms with Crippen molar-refractivity contribution in [3.8, 4) is 0 Å². The summed E-state index contributed by atoms with van der Waals surface area (Å²) in [5, 5.41) is 12.1. The Morgan fingerprint density at radius 1 is 1.40 bits per heavy atom. The minimum absolute atomic E-state index is 0.338. The van der Waals surface area contributed by atoms with Gasteiger partial charge in [-0.2, -0.15) is 0 Å². The first-order chi connectivity index (χ1) is 4.66. The summed E-state index contributed by atoms with van der Waals surface area (Å²) >= 11 is 0. The Bertz CT molecular complexity index is 76.0. The van der Waals surface area contributed by atoms with Crippen LogP contribution in [0.2, 0.25) is 0 Å². The van der Waals surface area contributed by atoms with Crippen LogP contribution in [0.1, 0.15) is 13.8 Å². The number of nitrogens with one attached hydrogen (secondary N) is 1. The van der Waals surface area contributed by atoms with Gasteiger partial charge in [0.05, 0.1) is 6.10 Å². The zero-order chi connectivity index (χ0) is 7.98. The van der Waals surface area contributed by atoms with E-state index in [0.717, 1.165) is 6.54 Å². The molecule has 0 radical (unpaired) electrons. The lowest BCUT2D eigenvalue weighted by Crippen LogP contribution is -2.34. The highest BCUT2D eigenvalue weighted by atomic mass is 16.3. The molecule has 1 atom stereocenters. The first-order valence-corrected chi connectivity index (χ1v) is 3.75. The molecule has 0 fully saturated rings. The standard InChI is InChI=1S/C7H18N2O/c1-6(2)4-9-5-7(10)3-8/h6-7,9-10H,3-5,8H2,1-2H3. The fraction of sp³-hybridized carbons (Fsp3) is 1.00. The van der Waals surface area contributed by atoms with E-state index in [2.05, 4.69) is 19.2 Å². The highest BCUT2D eigenvalue weighted by Gasteiger charge is 1.99. The highest BCUT2D eigenvalue weighted by molar-refractivity contribution is 4.60. The Labute approximate surface area is 62.6 Å². The minimum Gasteiger partial charge on any atom is -0.390 e. The molecular formula is C7H18N2O. The van der Waals surface area contributed by atoms with Crippen LogP contribution in [0, 0.1) is 5.92 Å². The van der Waals surface area contributed by atoms with Gasteiger partial charge in [0.25, 0.3) is 0 Å². The SMILES string of the molecule is CC(C)CNCC(O)CN. The molecule has 0 aliphatic rings. The molecule has 0 aromatic carbocycles. The lowest BCUT2D eigenvalue weighted by Gasteiger charge is -2.10. The van der Waals surface area contributed by atoms with Crippen molar-refractivity contribution in [2.24, 2.45) is 11.7 Å². The van der Waals surface area contributed by atoms with Crippen LogP contribution in [-0.4, -0.2) is 30.8 Å². The van der Waals surface area contributed by atoms with E-state index in [1.165, 1.54) is 0 Å². The summed E-state index contributed by atoms with van der Waals surface area (Å²) in [5.41, 5.74) is 5.20. The van der Waals surface area contributed by atoms with Crippen molar-refractivity contribution in [3.63, 3.8) is 0 Å². The van der Waals surface area contributed by atoms with E-state index in [4.69, 9.17) is 10.8 Å². The molecule has 0 spiro atoms. The van der Waals surface area contributed by atoms with Crippen molar-refractivity contribution in [2.75, 3.05) is 19.6 Å². The molecule has 0 heterocycles. The van der Waals surface area contributed by atoms with Gasteiger partial charge in [-0.05, 0) is 12.5 Å². The van der Waals surface area contributed by atoms with Crippen LogP contribution in [-0.2, 0) is 0 Å². The Hall–Kier alpha value is -0.120. The Morgan fingerprint density at radius 2 is 2.00 bits per heavy atom. The van der Waals surface area contributed by atoms with E-state index in [9.17, 15) is 0 Å². The van der Waals surface area contributed by atoms with Gasteiger partial charge in [-0.3, -0.25) is 0 Å². The summed E-state index contributed by atoms with van der Waals surface area (Å²) in [7, 11) is 0. The van der Waals surface area contributed by atoms with Gasteiger partial charge >= 0.3 is 0 Å². The minimum atomic E-state index is -0.390. The van der Waals surface area contributed by atoms with Gasteiger partial charge in [-0.1, -0.05) is 13.8 Å². The van der Waals surface area contributed by atoms with Gasteiger partial charge in [-0.15, -0.1) is 0 Å². The van der Waals surface area contributed by atoms with Crippen molar-refractivity contribution < 1.29 is 5.11 Å². The molecule has 0 aliphatic carbocycles. The topological polar surface area (TPSA) is 58.3 Å². The first-order valence-electron chi connectivity index (χ1n) is 3.75. The van der Waals surface area contributed by atoms with Gasteiger partial charge in [0.15, 0.2) is 0 Å². The Kier molecular flexibility index (Phi) is 5.58. The largest absolute Gasteiger partial charge is 0.390 e. The lowest BCUT2D eigenvalue weighted by atomic mass is 10.2. The molecule has 0 amide bonds. The summed E-state index contributed by atoms with van der Waals surface area (Å²) in [4.78, 5) is 0. The molecule has 0 saturated carbocycles. The van der Waals surface area contributed by atoms with Gasteiger partial charge in [0.2, 0.25) is 0 Å².